The summed E-state index contributed by atoms with van der Waals surface area (Å²) in [6, 6.07) is 0. The summed E-state index contributed by atoms with van der Waals surface area (Å²) in [5.74, 6) is -1.16. The first-order chi connectivity index (χ1) is 27.9. The van der Waals surface area contributed by atoms with E-state index in [-0.39, 0.29) is 12.8 Å². The Balaban J connectivity index is 2.54. The molecular formula is C44H75O13P. The zero-order chi connectivity index (χ0) is 42.9. The minimum Gasteiger partial charge on any atom is -0.462 e. The molecular weight excluding hydrogens is 767 g/mol. The molecule has 0 aliphatic heterocycles. The number of ether oxygens (including phenoxy) is 2. The second kappa shape index (κ2) is 34.3. The third kappa shape index (κ3) is 26.6. The van der Waals surface area contributed by atoms with Gasteiger partial charge in [-0.05, 0) is 77.0 Å². The van der Waals surface area contributed by atoms with Crippen LogP contribution in [0.3, 0.4) is 0 Å². The molecule has 1 fully saturated rings. The van der Waals surface area contributed by atoms with Gasteiger partial charge >= 0.3 is 19.8 Å². The SMILES string of the molecule is CC/C=C\C/C=C\C/C=C\C/C=C\CCCCC(=O)OC[C@H](COP(=O)(O)OC1C(O)C(O)C(O)[C@@H](O)C1O)OC(=O)CCCCCCC/C=C\CCCCCCC. The maximum absolute atomic E-state index is 12.8. The van der Waals surface area contributed by atoms with Gasteiger partial charge < -0.3 is 39.9 Å². The van der Waals surface area contributed by atoms with Crippen LogP contribution in [0.4, 0.5) is 0 Å². The molecule has 0 bridgehead atoms. The van der Waals surface area contributed by atoms with Crippen LogP contribution in [-0.2, 0) is 32.7 Å². The number of aliphatic hydroxyl groups excluding tert-OH is 5. The summed E-state index contributed by atoms with van der Waals surface area (Å²) in [6.07, 6.45) is 27.1. The topological polar surface area (TPSA) is 210 Å². The van der Waals surface area contributed by atoms with Crippen LogP contribution in [0.5, 0.6) is 0 Å². The Labute approximate surface area is 347 Å². The van der Waals surface area contributed by atoms with Crippen LogP contribution in [0.15, 0.2) is 60.8 Å². The Hall–Kier alpha value is -2.45. The monoisotopic (exact) mass is 842 g/mol. The second-order valence-corrected chi connectivity index (χ2v) is 16.2. The van der Waals surface area contributed by atoms with E-state index >= 15 is 0 Å². The molecule has 0 saturated heterocycles. The molecule has 0 amide bonds. The van der Waals surface area contributed by atoms with Crippen molar-refractivity contribution in [1.82, 2.24) is 0 Å². The summed E-state index contributed by atoms with van der Waals surface area (Å²) >= 11 is 0. The molecule has 0 aromatic rings. The molecule has 6 N–H and O–H groups in total. The minimum absolute atomic E-state index is 0.0749. The second-order valence-electron chi connectivity index (χ2n) is 14.8. The number of carbonyl (C=O) groups excluding carboxylic acids is 2. The standard InChI is InChI=1S/C44H75O13P/c1-3-5-7-9-11-13-15-17-19-21-22-24-26-28-30-32-37(45)54-34-36(35-55-58(52,53)57-44-42(50)40(48)39(47)41(49)43(44)51)56-38(46)33-31-29-27-25-23-20-18-16-14-12-10-8-6-4-2/h5,7,11,13,16-19,22,24,36,39-44,47-51H,3-4,6,8-10,12,14-15,20-21,23,25-35H2,1-2H3,(H,52,53)/b7-5-,13-11-,18-16-,19-17-,24-22-/t36-,39?,40-,41?,42?,43?,44?/m1/s1. The lowest BCUT2D eigenvalue weighted by Gasteiger charge is -2.41. The summed E-state index contributed by atoms with van der Waals surface area (Å²) in [7, 11) is -5.13. The summed E-state index contributed by atoms with van der Waals surface area (Å²) in [5, 5.41) is 50.0. The normalized spacial score (nSPS) is 23.1. The Morgan fingerprint density at radius 3 is 1.55 bits per heavy atom. The average Bonchev–Trinajstić information content (AvgIpc) is 3.20. The van der Waals surface area contributed by atoms with Crippen LogP contribution in [0.1, 0.15) is 149 Å². The molecule has 13 nitrogen and oxygen atoms in total. The fraction of sp³-hybridized carbons (Fsp3) is 0.727. The Morgan fingerprint density at radius 1 is 0.552 bits per heavy atom. The van der Waals surface area contributed by atoms with E-state index < -0.39 is 75.7 Å². The number of phosphoric acid groups is 1. The van der Waals surface area contributed by atoms with Gasteiger partial charge in [-0.1, -0.05) is 120 Å². The molecule has 1 aliphatic rings. The van der Waals surface area contributed by atoms with Gasteiger partial charge in [-0.25, -0.2) is 4.57 Å². The highest BCUT2D eigenvalue weighted by molar-refractivity contribution is 7.47. The lowest BCUT2D eigenvalue weighted by atomic mass is 9.85. The molecule has 0 radical (unpaired) electrons. The van der Waals surface area contributed by atoms with Crippen molar-refractivity contribution in [1.29, 1.82) is 0 Å². The molecule has 1 aliphatic carbocycles. The van der Waals surface area contributed by atoms with E-state index in [0.717, 1.165) is 77.0 Å². The number of carbonyl (C=O) groups is 2. The van der Waals surface area contributed by atoms with Gasteiger partial charge in [-0.15, -0.1) is 0 Å². The zero-order valence-corrected chi connectivity index (χ0v) is 36.0. The quantitative estimate of drug-likeness (QED) is 0.0159. The Morgan fingerprint density at radius 2 is 0.983 bits per heavy atom. The maximum Gasteiger partial charge on any atom is 0.472 e. The largest absolute Gasteiger partial charge is 0.472 e. The third-order valence-electron chi connectivity index (χ3n) is 9.59. The number of hydrogen-bond donors (Lipinski definition) is 6. The first kappa shape index (κ1) is 53.6. The smallest absolute Gasteiger partial charge is 0.462 e. The predicted octanol–water partition coefficient (Wildman–Crippen LogP) is 7.77. The number of esters is 2. The maximum atomic E-state index is 12.8. The lowest BCUT2D eigenvalue weighted by molar-refractivity contribution is -0.220. The van der Waals surface area contributed by atoms with E-state index in [0.29, 0.717) is 12.8 Å². The molecule has 0 aromatic heterocycles. The van der Waals surface area contributed by atoms with Gasteiger partial charge in [-0.2, -0.15) is 0 Å². The van der Waals surface area contributed by atoms with E-state index in [4.69, 9.17) is 18.5 Å². The highest BCUT2D eigenvalue weighted by Crippen LogP contribution is 2.47. The van der Waals surface area contributed by atoms with E-state index in [9.17, 15) is 44.6 Å². The molecule has 0 spiro atoms. The van der Waals surface area contributed by atoms with Crippen LogP contribution in [0, 0.1) is 0 Å². The van der Waals surface area contributed by atoms with Gasteiger partial charge in [0.2, 0.25) is 0 Å². The van der Waals surface area contributed by atoms with E-state index in [1.807, 2.05) is 0 Å². The Bertz CT molecular complexity index is 1250. The highest BCUT2D eigenvalue weighted by Gasteiger charge is 2.51. The van der Waals surface area contributed by atoms with Crippen LogP contribution in [0.25, 0.3) is 0 Å². The van der Waals surface area contributed by atoms with Crippen LogP contribution >= 0.6 is 7.82 Å². The van der Waals surface area contributed by atoms with Crippen molar-refractivity contribution in [2.75, 3.05) is 13.2 Å². The first-order valence-electron chi connectivity index (χ1n) is 21.6. The molecule has 58 heavy (non-hydrogen) atoms. The molecule has 0 heterocycles. The summed E-state index contributed by atoms with van der Waals surface area (Å²) in [5.41, 5.74) is 0. The van der Waals surface area contributed by atoms with Crippen LogP contribution in [-0.4, -0.2) is 98.3 Å². The fourth-order valence-corrected chi connectivity index (χ4v) is 7.07. The van der Waals surface area contributed by atoms with Gasteiger partial charge in [0.1, 0.15) is 43.2 Å². The van der Waals surface area contributed by atoms with Crippen LogP contribution in [0.2, 0.25) is 0 Å². The van der Waals surface area contributed by atoms with Crippen molar-refractivity contribution in [3.05, 3.63) is 60.8 Å². The molecule has 6 unspecified atom stereocenters. The number of phosphoric ester groups is 1. The molecule has 334 valence electrons. The molecule has 1 saturated carbocycles. The number of hydrogen-bond acceptors (Lipinski definition) is 12. The molecule has 1 rings (SSSR count). The molecule has 14 heteroatoms. The van der Waals surface area contributed by atoms with E-state index in [1.165, 1.54) is 32.1 Å². The minimum atomic E-state index is -5.13. The van der Waals surface area contributed by atoms with E-state index in [2.05, 4.69) is 74.6 Å². The zero-order valence-electron chi connectivity index (χ0n) is 35.1. The van der Waals surface area contributed by atoms with Gasteiger partial charge in [0.25, 0.3) is 0 Å². The average molecular weight is 843 g/mol. The molecule has 0 aromatic carbocycles. The number of aliphatic hydroxyl groups is 5. The van der Waals surface area contributed by atoms with Crippen molar-refractivity contribution in [2.45, 2.75) is 191 Å². The van der Waals surface area contributed by atoms with E-state index in [1.54, 1.807) is 0 Å². The summed E-state index contributed by atoms with van der Waals surface area (Å²) in [4.78, 5) is 35.6. The van der Waals surface area contributed by atoms with Crippen molar-refractivity contribution >= 4 is 19.8 Å². The first-order valence-corrected chi connectivity index (χ1v) is 23.1. The number of unbranched alkanes of at least 4 members (excludes halogenated alkanes) is 12. The van der Waals surface area contributed by atoms with Gasteiger partial charge in [-0.3, -0.25) is 18.6 Å². The summed E-state index contributed by atoms with van der Waals surface area (Å²) < 4.78 is 33.4. The van der Waals surface area contributed by atoms with Gasteiger partial charge in [0.15, 0.2) is 6.10 Å². The Kier molecular flexibility index (Phi) is 31.7. The number of allylic oxidation sites excluding steroid dienone is 10. The molecule has 8 atom stereocenters. The number of rotatable bonds is 34. The van der Waals surface area contributed by atoms with Gasteiger partial charge in [0.05, 0.1) is 6.61 Å². The van der Waals surface area contributed by atoms with Gasteiger partial charge in [0, 0.05) is 12.8 Å². The fourth-order valence-electron chi connectivity index (χ4n) is 6.09. The lowest BCUT2D eigenvalue weighted by Crippen LogP contribution is -2.64. The van der Waals surface area contributed by atoms with Crippen molar-refractivity contribution in [3.63, 3.8) is 0 Å². The van der Waals surface area contributed by atoms with Crippen LogP contribution < -0.4 is 0 Å². The third-order valence-corrected chi connectivity index (χ3v) is 10.6. The van der Waals surface area contributed by atoms with Crippen molar-refractivity contribution < 1.29 is 63.1 Å². The van der Waals surface area contributed by atoms with Crippen molar-refractivity contribution in [3.8, 4) is 0 Å². The predicted molar refractivity (Wildman–Crippen MR) is 226 cm³/mol. The highest BCUT2D eigenvalue weighted by atomic mass is 31.2. The summed E-state index contributed by atoms with van der Waals surface area (Å²) in [6.45, 7) is 3.11. The van der Waals surface area contributed by atoms with Crippen molar-refractivity contribution in [2.24, 2.45) is 0 Å².